The van der Waals surface area contributed by atoms with Crippen LogP contribution in [0, 0.1) is 5.92 Å². The molecule has 2 saturated heterocycles. The number of rotatable bonds is 3. The molecule has 0 N–H and O–H groups in total. The van der Waals surface area contributed by atoms with E-state index >= 15 is 0 Å². The Kier molecular flexibility index (Phi) is 4.84. The Hall–Kier alpha value is -1.33. The molecule has 0 radical (unpaired) electrons. The van der Waals surface area contributed by atoms with E-state index in [9.17, 15) is 4.79 Å². The van der Waals surface area contributed by atoms with Gasteiger partial charge in [-0.1, -0.05) is 0 Å². The van der Waals surface area contributed by atoms with Crippen molar-refractivity contribution in [2.75, 3.05) is 46.3 Å². The zero-order chi connectivity index (χ0) is 15.5. The molecule has 3 heterocycles. The van der Waals surface area contributed by atoms with Gasteiger partial charge in [0.05, 0.1) is 11.8 Å². The predicted molar refractivity (Wildman–Crippen MR) is 85.9 cm³/mol. The van der Waals surface area contributed by atoms with Crippen LogP contribution in [0.4, 0.5) is 0 Å². The summed E-state index contributed by atoms with van der Waals surface area (Å²) in [6.07, 6.45) is 5.32. The van der Waals surface area contributed by atoms with E-state index in [4.69, 9.17) is 4.42 Å². The second kappa shape index (κ2) is 6.84. The van der Waals surface area contributed by atoms with Crippen molar-refractivity contribution in [3.05, 3.63) is 24.2 Å². The van der Waals surface area contributed by atoms with Crippen molar-refractivity contribution >= 4 is 5.91 Å². The number of nitrogens with zero attached hydrogens (tertiary/aromatic N) is 3. The highest BCUT2D eigenvalue weighted by atomic mass is 16.3. The molecule has 5 nitrogen and oxygen atoms in total. The van der Waals surface area contributed by atoms with Gasteiger partial charge in [-0.25, -0.2) is 0 Å². The van der Waals surface area contributed by atoms with Gasteiger partial charge in [0.2, 0.25) is 0 Å². The Morgan fingerprint density at radius 2 is 1.86 bits per heavy atom. The number of likely N-dealkylation sites (N-methyl/N-ethyl adjacent to an activating group) is 1. The van der Waals surface area contributed by atoms with Gasteiger partial charge in [0.25, 0.3) is 5.91 Å². The second-order valence-corrected chi connectivity index (χ2v) is 6.72. The minimum atomic E-state index is 0.111. The molecule has 0 aromatic carbocycles. The Morgan fingerprint density at radius 3 is 2.45 bits per heavy atom. The summed E-state index contributed by atoms with van der Waals surface area (Å²) < 4.78 is 5.02. The summed E-state index contributed by atoms with van der Waals surface area (Å²) in [4.78, 5) is 19.3. The molecule has 0 aliphatic carbocycles. The summed E-state index contributed by atoms with van der Waals surface area (Å²) in [6, 6.07) is 2.38. The molecule has 0 spiro atoms. The summed E-state index contributed by atoms with van der Waals surface area (Å²) in [6.45, 7) is 8.78. The van der Waals surface area contributed by atoms with E-state index in [2.05, 4.69) is 23.8 Å². The summed E-state index contributed by atoms with van der Waals surface area (Å²) in [5.74, 6) is 0.816. The van der Waals surface area contributed by atoms with Crippen LogP contribution in [-0.4, -0.2) is 73.0 Å². The zero-order valence-corrected chi connectivity index (χ0v) is 13.7. The third-order valence-electron chi connectivity index (χ3n) is 5.39. The molecule has 0 unspecified atom stereocenters. The van der Waals surface area contributed by atoms with Gasteiger partial charge in [-0.3, -0.25) is 9.69 Å². The highest BCUT2D eigenvalue weighted by Gasteiger charge is 2.30. The molecule has 2 aliphatic heterocycles. The predicted octanol–water partition coefficient (Wildman–Crippen LogP) is 1.77. The molecular formula is C17H27N3O2. The SMILES string of the molecule is C[C@H](C1CCN(C(=O)c2ccoc2)CC1)N1CCN(C)CC1. The van der Waals surface area contributed by atoms with E-state index < -0.39 is 0 Å². The first-order chi connectivity index (χ1) is 10.6. The lowest BCUT2D eigenvalue weighted by Crippen LogP contribution is -2.52. The monoisotopic (exact) mass is 305 g/mol. The number of piperazine rings is 1. The smallest absolute Gasteiger partial charge is 0.257 e. The quantitative estimate of drug-likeness (QED) is 0.853. The van der Waals surface area contributed by atoms with Gasteiger partial charge in [-0.15, -0.1) is 0 Å². The third-order valence-corrected chi connectivity index (χ3v) is 5.39. The van der Waals surface area contributed by atoms with Crippen molar-refractivity contribution < 1.29 is 9.21 Å². The standard InChI is InChI=1S/C17H27N3O2/c1-14(19-10-8-18(2)9-11-19)15-3-6-20(7-4-15)17(21)16-5-12-22-13-16/h5,12-15H,3-4,6-11H2,1-2H3/t14-/m1/s1. The normalized spacial score (nSPS) is 23.6. The number of furan rings is 1. The molecule has 0 bridgehead atoms. The lowest BCUT2D eigenvalue weighted by atomic mass is 9.89. The van der Waals surface area contributed by atoms with Crippen LogP contribution in [0.25, 0.3) is 0 Å². The first-order valence-corrected chi connectivity index (χ1v) is 8.39. The maximum Gasteiger partial charge on any atom is 0.257 e. The number of amides is 1. The first kappa shape index (κ1) is 15.6. The van der Waals surface area contributed by atoms with Crippen molar-refractivity contribution in [2.24, 2.45) is 5.92 Å². The summed E-state index contributed by atoms with van der Waals surface area (Å²) in [7, 11) is 2.20. The molecule has 5 heteroatoms. The van der Waals surface area contributed by atoms with Gasteiger partial charge in [0, 0.05) is 45.3 Å². The van der Waals surface area contributed by atoms with Gasteiger partial charge in [0.1, 0.15) is 6.26 Å². The van der Waals surface area contributed by atoms with E-state index in [1.165, 1.54) is 26.2 Å². The minimum Gasteiger partial charge on any atom is -0.472 e. The summed E-state index contributed by atoms with van der Waals surface area (Å²) in [5.41, 5.74) is 0.672. The van der Waals surface area contributed by atoms with Crippen LogP contribution < -0.4 is 0 Å². The van der Waals surface area contributed by atoms with Crippen LogP contribution >= 0.6 is 0 Å². The van der Waals surface area contributed by atoms with Crippen LogP contribution in [0.3, 0.4) is 0 Å². The van der Waals surface area contributed by atoms with Crippen LogP contribution in [0.5, 0.6) is 0 Å². The Morgan fingerprint density at radius 1 is 1.18 bits per heavy atom. The van der Waals surface area contributed by atoms with Gasteiger partial charge >= 0.3 is 0 Å². The molecule has 22 heavy (non-hydrogen) atoms. The average Bonchev–Trinajstić information content (AvgIpc) is 3.09. The van der Waals surface area contributed by atoms with Crippen LogP contribution in [0.15, 0.2) is 23.0 Å². The number of hydrogen-bond acceptors (Lipinski definition) is 4. The van der Waals surface area contributed by atoms with Crippen LogP contribution in [-0.2, 0) is 0 Å². The van der Waals surface area contributed by atoms with Gasteiger partial charge < -0.3 is 14.2 Å². The molecule has 122 valence electrons. The molecule has 1 atom stereocenters. The highest BCUT2D eigenvalue weighted by molar-refractivity contribution is 5.93. The van der Waals surface area contributed by atoms with E-state index in [0.717, 1.165) is 25.9 Å². The van der Waals surface area contributed by atoms with Crippen molar-refractivity contribution in [2.45, 2.75) is 25.8 Å². The fourth-order valence-corrected chi connectivity index (χ4v) is 3.68. The van der Waals surface area contributed by atoms with E-state index in [1.807, 2.05) is 4.90 Å². The molecule has 1 amide bonds. The fourth-order valence-electron chi connectivity index (χ4n) is 3.68. The summed E-state index contributed by atoms with van der Waals surface area (Å²) in [5, 5.41) is 0. The van der Waals surface area contributed by atoms with Crippen molar-refractivity contribution in [1.29, 1.82) is 0 Å². The van der Waals surface area contributed by atoms with Gasteiger partial charge in [0.15, 0.2) is 0 Å². The largest absolute Gasteiger partial charge is 0.472 e. The molecule has 3 rings (SSSR count). The lowest BCUT2D eigenvalue weighted by Gasteiger charge is -2.42. The zero-order valence-electron chi connectivity index (χ0n) is 13.7. The maximum absolute atomic E-state index is 12.3. The number of hydrogen-bond donors (Lipinski definition) is 0. The average molecular weight is 305 g/mol. The highest BCUT2D eigenvalue weighted by Crippen LogP contribution is 2.25. The van der Waals surface area contributed by atoms with Gasteiger partial charge in [-0.2, -0.15) is 0 Å². The topological polar surface area (TPSA) is 39.9 Å². The molecule has 2 aliphatic rings. The number of likely N-dealkylation sites (tertiary alicyclic amines) is 1. The number of carbonyl (C=O) groups excluding carboxylic acids is 1. The minimum absolute atomic E-state index is 0.111. The molecule has 2 fully saturated rings. The maximum atomic E-state index is 12.3. The molecule has 0 saturated carbocycles. The van der Waals surface area contributed by atoms with Gasteiger partial charge in [-0.05, 0) is 38.8 Å². The van der Waals surface area contributed by atoms with E-state index in [0.29, 0.717) is 17.5 Å². The van der Waals surface area contributed by atoms with Crippen molar-refractivity contribution in [3.63, 3.8) is 0 Å². The van der Waals surface area contributed by atoms with Crippen LogP contribution in [0.1, 0.15) is 30.1 Å². The Bertz CT molecular complexity index is 472. The van der Waals surface area contributed by atoms with Crippen molar-refractivity contribution in [3.8, 4) is 0 Å². The van der Waals surface area contributed by atoms with Crippen LogP contribution in [0.2, 0.25) is 0 Å². The first-order valence-electron chi connectivity index (χ1n) is 8.39. The van der Waals surface area contributed by atoms with Crippen molar-refractivity contribution in [1.82, 2.24) is 14.7 Å². The van der Waals surface area contributed by atoms with E-state index in [-0.39, 0.29) is 5.91 Å². The Labute approximate surface area is 132 Å². The second-order valence-electron chi connectivity index (χ2n) is 6.72. The molecule has 1 aromatic heterocycles. The Balaban J connectivity index is 1.50. The molecule has 1 aromatic rings. The number of piperidine rings is 1. The lowest BCUT2D eigenvalue weighted by molar-refractivity contribution is 0.0500. The third kappa shape index (κ3) is 3.36. The number of carbonyl (C=O) groups is 1. The molecular weight excluding hydrogens is 278 g/mol. The fraction of sp³-hybridized carbons (Fsp3) is 0.706. The van der Waals surface area contributed by atoms with E-state index in [1.54, 1.807) is 18.6 Å². The summed E-state index contributed by atoms with van der Waals surface area (Å²) >= 11 is 0.